The summed E-state index contributed by atoms with van der Waals surface area (Å²) in [5, 5.41) is 18.7. The first kappa shape index (κ1) is 11.1. The van der Waals surface area contributed by atoms with Gasteiger partial charge in [-0.05, 0) is 25.0 Å². The number of aromatic nitrogens is 2. The lowest BCUT2D eigenvalue weighted by Crippen LogP contribution is -2.32. The Labute approximate surface area is 105 Å². The number of nitriles is 1. The Morgan fingerprint density at radius 3 is 3.28 bits per heavy atom. The summed E-state index contributed by atoms with van der Waals surface area (Å²) < 4.78 is 0. The molecule has 0 spiro atoms. The van der Waals surface area contributed by atoms with Gasteiger partial charge in [0.2, 0.25) is 0 Å². The Kier molecular flexibility index (Phi) is 2.65. The lowest BCUT2D eigenvalue weighted by atomic mass is 10.2. The number of anilines is 1. The van der Waals surface area contributed by atoms with Crippen LogP contribution in [0.5, 0.6) is 0 Å². The predicted octanol–water partition coefficient (Wildman–Crippen LogP) is 1.40. The highest BCUT2D eigenvalue weighted by atomic mass is 16.3. The van der Waals surface area contributed by atoms with Crippen molar-refractivity contribution in [3.63, 3.8) is 0 Å². The molecule has 2 aromatic rings. The molecule has 2 N–H and O–H groups in total. The van der Waals surface area contributed by atoms with Gasteiger partial charge in [0.1, 0.15) is 23.0 Å². The average molecular weight is 242 g/mol. The lowest BCUT2D eigenvalue weighted by molar-refractivity contribution is 0.266. The van der Waals surface area contributed by atoms with Gasteiger partial charge in [-0.3, -0.25) is 4.98 Å². The quantitative estimate of drug-likeness (QED) is 0.834. The molecule has 0 aliphatic carbocycles. The van der Waals surface area contributed by atoms with Gasteiger partial charge < -0.3 is 15.0 Å². The summed E-state index contributed by atoms with van der Waals surface area (Å²) in [7, 11) is 0. The number of aromatic amines is 1. The minimum absolute atomic E-state index is 0.102. The zero-order valence-corrected chi connectivity index (χ0v) is 9.93. The van der Waals surface area contributed by atoms with Crippen molar-refractivity contribution in [3.8, 4) is 6.07 Å². The monoisotopic (exact) mass is 242 g/mol. The van der Waals surface area contributed by atoms with E-state index in [4.69, 9.17) is 0 Å². The number of aliphatic hydroxyl groups excluding tert-OH is 1. The molecule has 0 bridgehead atoms. The van der Waals surface area contributed by atoms with Gasteiger partial charge >= 0.3 is 0 Å². The Balaban J connectivity index is 2.14. The van der Waals surface area contributed by atoms with Crippen molar-refractivity contribution in [2.45, 2.75) is 18.9 Å². The number of aliphatic hydroxyl groups is 1. The number of hydrogen-bond donors (Lipinski definition) is 2. The largest absolute Gasteiger partial charge is 0.394 e. The standard InChI is InChI=1S/C13H14N4O/c14-7-10-12-11(4-1-5-15-12)16-13(10)17-6-2-3-9(17)8-18/h1,4-5,9,16,18H,2-3,6,8H2/t9-/m0/s1. The third kappa shape index (κ3) is 1.54. The average Bonchev–Trinajstić information content (AvgIpc) is 3.01. The maximum absolute atomic E-state index is 9.38. The van der Waals surface area contributed by atoms with E-state index in [0.29, 0.717) is 11.1 Å². The molecule has 0 aromatic carbocycles. The van der Waals surface area contributed by atoms with E-state index in [9.17, 15) is 10.4 Å². The molecule has 18 heavy (non-hydrogen) atoms. The lowest BCUT2D eigenvalue weighted by Gasteiger charge is -2.23. The molecule has 1 fully saturated rings. The molecule has 2 aromatic heterocycles. The molecule has 5 nitrogen and oxygen atoms in total. The maximum Gasteiger partial charge on any atom is 0.127 e. The molecule has 1 aliphatic heterocycles. The molecule has 3 heterocycles. The van der Waals surface area contributed by atoms with E-state index < -0.39 is 0 Å². The third-order valence-electron chi connectivity index (χ3n) is 3.52. The fourth-order valence-corrected chi connectivity index (χ4v) is 2.65. The number of hydrogen-bond acceptors (Lipinski definition) is 4. The highest BCUT2D eigenvalue weighted by molar-refractivity contribution is 5.88. The zero-order valence-electron chi connectivity index (χ0n) is 9.93. The summed E-state index contributed by atoms with van der Waals surface area (Å²) in [6.07, 6.45) is 3.69. The fraction of sp³-hybridized carbons (Fsp3) is 0.385. The van der Waals surface area contributed by atoms with Crippen LogP contribution in [0.4, 0.5) is 5.82 Å². The molecule has 1 saturated heterocycles. The molecular weight excluding hydrogens is 228 g/mol. The molecule has 0 unspecified atom stereocenters. The van der Waals surface area contributed by atoms with E-state index in [0.717, 1.165) is 30.7 Å². The first-order chi connectivity index (χ1) is 8.85. The van der Waals surface area contributed by atoms with E-state index in [2.05, 4.69) is 20.9 Å². The van der Waals surface area contributed by atoms with Crippen LogP contribution in [-0.4, -0.2) is 34.3 Å². The summed E-state index contributed by atoms with van der Waals surface area (Å²) >= 11 is 0. The van der Waals surface area contributed by atoms with Crippen molar-refractivity contribution >= 4 is 16.9 Å². The first-order valence-electron chi connectivity index (χ1n) is 6.09. The second kappa shape index (κ2) is 4.31. The summed E-state index contributed by atoms with van der Waals surface area (Å²) in [6, 6.07) is 6.08. The molecule has 3 rings (SSSR count). The van der Waals surface area contributed by atoms with E-state index in [1.165, 1.54) is 0 Å². The van der Waals surface area contributed by atoms with Gasteiger partial charge in [0.25, 0.3) is 0 Å². The SMILES string of the molecule is N#Cc1c(N2CCC[C@H]2CO)[nH]c2cccnc12. The van der Waals surface area contributed by atoms with Gasteiger partial charge in [0, 0.05) is 12.7 Å². The number of fused-ring (bicyclic) bond motifs is 1. The van der Waals surface area contributed by atoms with E-state index in [1.54, 1.807) is 6.20 Å². The minimum Gasteiger partial charge on any atom is -0.394 e. The van der Waals surface area contributed by atoms with Crippen LogP contribution in [0.15, 0.2) is 18.3 Å². The minimum atomic E-state index is 0.102. The van der Waals surface area contributed by atoms with Crippen molar-refractivity contribution in [2.75, 3.05) is 18.1 Å². The normalized spacial score (nSPS) is 19.3. The van der Waals surface area contributed by atoms with Crippen LogP contribution < -0.4 is 4.90 Å². The van der Waals surface area contributed by atoms with Crippen LogP contribution in [0.2, 0.25) is 0 Å². The Morgan fingerprint density at radius 2 is 2.50 bits per heavy atom. The number of pyridine rings is 1. The Morgan fingerprint density at radius 1 is 1.61 bits per heavy atom. The number of nitrogens with one attached hydrogen (secondary N) is 1. The van der Waals surface area contributed by atoms with Crippen LogP contribution in [-0.2, 0) is 0 Å². The molecule has 1 atom stereocenters. The van der Waals surface area contributed by atoms with Crippen molar-refractivity contribution < 1.29 is 5.11 Å². The topological polar surface area (TPSA) is 75.9 Å². The molecule has 0 radical (unpaired) electrons. The van der Waals surface area contributed by atoms with Crippen LogP contribution in [0.1, 0.15) is 18.4 Å². The second-order valence-electron chi connectivity index (χ2n) is 4.53. The van der Waals surface area contributed by atoms with Gasteiger partial charge in [-0.1, -0.05) is 0 Å². The van der Waals surface area contributed by atoms with E-state index in [-0.39, 0.29) is 12.6 Å². The highest BCUT2D eigenvalue weighted by Gasteiger charge is 2.28. The van der Waals surface area contributed by atoms with Crippen LogP contribution in [0.25, 0.3) is 11.0 Å². The van der Waals surface area contributed by atoms with Gasteiger partial charge in [-0.25, -0.2) is 0 Å². The molecule has 0 amide bonds. The van der Waals surface area contributed by atoms with Gasteiger partial charge in [0.15, 0.2) is 0 Å². The summed E-state index contributed by atoms with van der Waals surface area (Å²) in [4.78, 5) is 9.59. The predicted molar refractivity (Wildman–Crippen MR) is 68.3 cm³/mol. The van der Waals surface area contributed by atoms with Crippen LogP contribution in [0.3, 0.4) is 0 Å². The molecular formula is C13H14N4O. The second-order valence-corrected chi connectivity index (χ2v) is 4.53. The van der Waals surface area contributed by atoms with Crippen molar-refractivity contribution in [2.24, 2.45) is 0 Å². The van der Waals surface area contributed by atoms with Crippen LogP contribution in [0, 0.1) is 11.3 Å². The molecule has 92 valence electrons. The van der Waals surface area contributed by atoms with Crippen molar-refractivity contribution in [1.29, 1.82) is 5.26 Å². The zero-order chi connectivity index (χ0) is 12.5. The third-order valence-corrected chi connectivity index (χ3v) is 3.52. The van der Waals surface area contributed by atoms with Crippen LogP contribution >= 0.6 is 0 Å². The Hall–Kier alpha value is -2.06. The van der Waals surface area contributed by atoms with Crippen molar-refractivity contribution in [3.05, 3.63) is 23.9 Å². The van der Waals surface area contributed by atoms with Gasteiger partial charge in [-0.15, -0.1) is 0 Å². The number of nitrogens with zero attached hydrogens (tertiary/aromatic N) is 3. The summed E-state index contributed by atoms with van der Waals surface area (Å²) in [5.41, 5.74) is 2.15. The highest BCUT2D eigenvalue weighted by Crippen LogP contribution is 2.31. The summed E-state index contributed by atoms with van der Waals surface area (Å²) in [6.45, 7) is 0.986. The van der Waals surface area contributed by atoms with Gasteiger partial charge in [-0.2, -0.15) is 5.26 Å². The molecule has 0 saturated carbocycles. The van der Waals surface area contributed by atoms with E-state index in [1.807, 2.05) is 12.1 Å². The van der Waals surface area contributed by atoms with Gasteiger partial charge in [0.05, 0.1) is 18.2 Å². The summed E-state index contributed by atoms with van der Waals surface area (Å²) in [5.74, 6) is 0.794. The Bertz CT molecular complexity index is 613. The molecule has 1 aliphatic rings. The maximum atomic E-state index is 9.38. The number of rotatable bonds is 2. The van der Waals surface area contributed by atoms with Crippen molar-refractivity contribution in [1.82, 2.24) is 9.97 Å². The molecule has 5 heteroatoms. The fourth-order valence-electron chi connectivity index (χ4n) is 2.65. The number of H-pyrrole nitrogens is 1. The smallest absolute Gasteiger partial charge is 0.127 e. The van der Waals surface area contributed by atoms with E-state index >= 15 is 0 Å². The first-order valence-corrected chi connectivity index (χ1v) is 6.09.